The molecule has 0 bridgehead atoms. The van der Waals surface area contributed by atoms with Crippen molar-refractivity contribution in [3.63, 3.8) is 0 Å². The normalized spacial score (nSPS) is 12.4. The Morgan fingerprint density at radius 2 is 1.50 bits per heavy atom. The number of rotatable bonds is 2. The molecule has 2 N–H and O–H groups in total. The molecule has 2 aromatic carbocycles. The van der Waals surface area contributed by atoms with E-state index in [2.05, 4.69) is 0 Å². The third kappa shape index (κ3) is 3.01. The smallest absolute Gasteiger partial charge is 0.321 e. The van der Waals surface area contributed by atoms with Crippen molar-refractivity contribution in [2.45, 2.75) is 26.2 Å². The molecule has 0 heterocycles. The summed E-state index contributed by atoms with van der Waals surface area (Å²) < 4.78 is 12.0. The quantitative estimate of drug-likeness (QED) is 0.833. The van der Waals surface area contributed by atoms with Crippen molar-refractivity contribution in [1.82, 2.24) is 0 Å². The average Bonchev–Trinajstić information content (AvgIpc) is 2.37. The SMILES string of the molecule is CC(C)(C)c1cccc(-c2ccccc2)c1P(=O)(O)O. The predicted molar refractivity (Wildman–Crippen MR) is 82.3 cm³/mol. The molecular weight excluding hydrogens is 271 g/mol. The third-order valence-electron chi connectivity index (χ3n) is 3.22. The first-order chi connectivity index (χ1) is 9.21. The van der Waals surface area contributed by atoms with Gasteiger partial charge in [-0.2, -0.15) is 0 Å². The van der Waals surface area contributed by atoms with Crippen LogP contribution in [0.3, 0.4) is 0 Å². The first kappa shape index (κ1) is 15.0. The predicted octanol–water partition coefficient (Wildman–Crippen LogP) is 3.45. The van der Waals surface area contributed by atoms with Gasteiger partial charge < -0.3 is 9.79 Å². The minimum atomic E-state index is -4.36. The lowest BCUT2D eigenvalue weighted by Gasteiger charge is -2.25. The monoisotopic (exact) mass is 290 g/mol. The highest BCUT2D eigenvalue weighted by atomic mass is 31.2. The van der Waals surface area contributed by atoms with Gasteiger partial charge in [0.1, 0.15) is 0 Å². The van der Waals surface area contributed by atoms with E-state index >= 15 is 0 Å². The van der Waals surface area contributed by atoms with Crippen molar-refractivity contribution >= 4 is 12.9 Å². The maximum atomic E-state index is 12.0. The van der Waals surface area contributed by atoms with Gasteiger partial charge in [-0.25, -0.2) is 0 Å². The van der Waals surface area contributed by atoms with E-state index < -0.39 is 7.60 Å². The fourth-order valence-corrected chi connectivity index (χ4v) is 3.55. The Hall–Kier alpha value is -1.41. The minimum absolute atomic E-state index is 0.138. The van der Waals surface area contributed by atoms with Gasteiger partial charge >= 0.3 is 7.60 Å². The molecule has 0 aliphatic heterocycles. The van der Waals surface area contributed by atoms with E-state index in [-0.39, 0.29) is 10.7 Å². The lowest BCUT2D eigenvalue weighted by molar-refractivity contribution is 0.386. The highest BCUT2D eigenvalue weighted by Crippen LogP contribution is 2.42. The van der Waals surface area contributed by atoms with Crippen molar-refractivity contribution < 1.29 is 14.4 Å². The van der Waals surface area contributed by atoms with Crippen molar-refractivity contribution in [1.29, 1.82) is 0 Å². The molecule has 106 valence electrons. The van der Waals surface area contributed by atoms with Gasteiger partial charge in [0.15, 0.2) is 0 Å². The van der Waals surface area contributed by atoms with Crippen LogP contribution in [0.25, 0.3) is 11.1 Å². The van der Waals surface area contributed by atoms with Crippen LogP contribution >= 0.6 is 7.60 Å². The van der Waals surface area contributed by atoms with Gasteiger partial charge in [0.2, 0.25) is 0 Å². The largest absolute Gasteiger partial charge is 0.357 e. The van der Waals surface area contributed by atoms with E-state index in [1.54, 1.807) is 12.1 Å². The zero-order chi connectivity index (χ0) is 15.0. The molecule has 20 heavy (non-hydrogen) atoms. The molecule has 0 fully saturated rings. The van der Waals surface area contributed by atoms with E-state index in [9.17, 15) is 14.4 Å². The summed E-state index contributed by atoms with van der Waals surface area (Å²) in [7, 11) is -4.36. The van der Waals surface area contributed by atoms with Crippen molar-refractivity contribution in [2.24, 2.45) is 0 Å². The Kier molecular flexibility index (Phi) is 3.88. The fraction of sp³-hybridized carbons (Fsp3) is 0.250. The lowest BCUT2D eigenvalue weighted by Crippen LogP contribution is -2.24. The Labute approximate surface area is 119 Å². The van der Waals surface area contributed by atoms with Crippen molar-refractivity contribution in [3.8, 4) is 11.1 Å². The standard InChI is InChI=1S/C16H19O3P/c1-16(2,3)14-11-7-10-13(15(14)20(17,18)19)12-8-5-4-6-9-12/h4-11H,1-3H3,(H2,17,18,19). The molecule has 0 amide bonds. The van der Waals surface area contributed by atoms with Gasteiger partial charge in [-0.15, -0.1) is 0 Å². The zero-order valence-corrected chi connectivity index (χ0v) is 12.8. The molecule has 2 aromatic rings. The number of hydrogen-bond donors (Lipinski definition) is 2. The minimum Gasteiger partial charge on any atom is -0.321 e. The Balaban J connectivity index is 2.80. The number of benzene rings is 2. The van der Waals surface area contributed by atoms with Crippen LogP contribution in [0.2, 0.25) is 0 Å². The topological polar surface area (TPSA) is 57.5 Å². The van der Waals surface area contributed by atoms with Gasteiger partial charge in [-0.3, -0.25) is 4.57 Å². The maximum absolute atomic E-state index is 12.0. The third-order valence-corrected chi connectivity index (χ3v) is 4.28. The Morgan fingerprint density at radius 3 is 2.00 bits per heavy atom. The van der Waals surface area contributed by atoms with Crippen LogP contribution in [-0.2, 0) is 9.98 Å². The second-order valence-corrected chi connectivity index (χ2v) is 7.40. The van der Waals surface area contributed by atoms with Crippen LogP contribution in [0.4, 0.5) is 0 Å². The summed E-state index contributed by atoms with van der Waals surface area (Å²) in [6, 6.07) is 14.7. The molecule has 0 saturated carbocycles. The Bertz CT molecular complexity index is 651. The summed E-state index contributed by atoms with van der Waals surface area (Å²) in [5.74, 6) is 0. The number of hydrogen-bond acceptors (Lipinski definition) is 1. The molecule has 0 spiro atoms. The Morgan fingerprint density at radius 1 is 0.900 bits per heavy atom. The van der Waals surface area contributed by atoms with E-state index in [1.165, 1.54) is 0 Å². The molecule has 3 nitrogen and oxygen atoms in total. The molecule has 2 rings (SSSR count). The van der Waals surface area contributed by atoms with Crippen LogP contribution in [0.1, 0.15) is 26.3 Å². The molecule has 4 heteroatoms. The molecule has 0 aliphatic rings. The van der Waals surface area contributed by atoms with Gasteiger partial charge in [0.25, 0.3) is 0 Å². The van der Waals surface area contributed by atoms with E-state index in [0.29, 0.717) is 11.1 Å². The van der Waals surface area contributed by atoms with Crippen LogP contribution < -0.4 is 5.30 Å². The summed E-state index contributed by atoms with van der Waals surface area (Å²) in [5.41, 5.74) is 1.77. The molecule has 0 aliphatic carbocycles. The molecular formula is C16H19O3P. The molecule has 0 radical (unpaired) electrons. The summed E-state index contributed by atoms with van der Waals surface area (Å²) >= 11 is 0. The first-order valence-electron chi connectivity index (χ1n) is 6.46. The van der Waals surface area contributed by atoms with Gasteiger partial charge in [0.05, 0.1) is 5.30 Å². The van der Waals surface area contributed by atoms with E-state index in [4.69, 9.17) is 0 Å². The molecule has 0 atom stereocenters. The second-order valence-electron chi connectivity index (χ2n) is 5.86. The van der Waals surface area contributed by atoms with Crippen LogP contribution in [0.5, 0.6) is 0 Å². The van der Waals surface area contributed by atoms with Crippen molar-refractivity contribution in [3.05, 3.63) is 54.1 Å². The van der Waals surface area contributed by atoms with Gasteiger partial charge in [-0.1, -0.05) is 69.3 Å². The van der Waals surface area contributed by atoms with Gasteiger partial charge in [-0.05, 0) is 22.1 Å². The van der Waals surface area contributed by atoms with E-state index in [0.717, 1.165) is 5.56 Å². The average molecular weight is 290 g/mol. The van der Waals surface area contributed by atoms with Crippen molar-refractivity contribution in [2.75, 3.05) is 0 Å². The first-order valence-corrected chi connectivity index (χ1v) is 8.07. The zero-order valence-electron chi connectivity index (χ0n) is 11.9. The van der Waals surface area contributed by atoms with Crippen LogP contribution in [0.15, 0.2) is 48.5 Å². The van der Waals surface area contributed by atoms with Crippen LogP contribution in [0, 0.1) is 0 Å². The van der Waals surface area contributed by atoms with Gasteiger partial charge in [0, 0.05) is 0 Å². The molecule has 0 unspecified atom stereocenters. The summed E-state index contributed by atoms with van der Waals surface area (Å²) in [4.78, 5) is 19.6. The fourth-order valence-electron chi connectivity index (χ4n) is 2.31. The molecule has 0 aromatic heterocycles. The summed E-state index contributed by atoms with van der Waals surface area (Å²) in [6.45, 7) is 5.86. The second kappa shape index (κ2) is 5.17. The maximum Gasteiger partial charge on any atom is 0.357 e. The molecule has 0 saturated heterocycles. The summed E-state index contributed by atoms with van der Waals surface area (Å²) in [6.07, 6.45) is 0. The lowest BCUT2D eigenvalue weighted by atomic mass is 9.85. The van der Waals surface area contributed by atoms with Crippen LogP contribution in [-0.4, -0.2) is 9.79 Å². The highest BCUT2D eigenvalue weighted by Gasteiger charge is 2.30. The summed E-state index contributed by atoms with van der Waals surface area (Å²) in [5, 5.41) is 0.138. The van der Waals surface area contributed by atoms with E-state index in [1.807, 2.05) is 57.2 Å². The highest BCUT2D eigenvalue weighted by molar-refractivity contribution is 7.60.